The maximum absolute atomic E-state index is 8.29. The second-order valence-electron chi connectivity index (χ2n) is 7.53. The van der Waals surface area contributed by atoms with Crippen LogP contribution in [0.2, 0.25) is 0 Å². The Hall–Kier alpha value is -2.91. The number of aromatic amines is 2. The van der Waals surface area contributed by atoms with Gasteiger partial charge < -0.3 is 9.97 Å². The van der Waals surface area contributed by atoms with Gasteiger partial charge in [0.2, 0.25) is 0 Å². The Kier molecular flexibility index (Phi) is 9.35. The summed E-state index contributed by atoms with van der Waals surface area (Å²) in [6.07, 6.45) is 4.12. The quantitative estimate of drug-likeness (QED) is 0.203. The number of H-pyrrole nitrogens is 2. The Morgan fingerprint density at radius 1 is 0.583 bits per heavy atom. The van der Waals surface area contributed by atoms with Crippen molar-refractivity contribution in [3.05, 3.63) is 118 Å². The molecule has 0 aliphatic rings. The lowest BCUT2D eigenvalue weighted by molar-refractivity contribution is 0.630. The molecular weight excluding hydrogens is 620 g/mol. The van der Waals surface area contributed by atoms with Crippen molar-refractivity contribution in [2.75, 3.05) is 0 Å². The van der Waals surface area contributed by atoms with Crippen molar-refractivity contribution in [3.8, 4) is 11.1 Å². The summed E-state index contributed by atoms with van der Waals surface area (Å²) in [6.45, 7) is 0. The number of rotatable bonds is 3. The molecule has 6 rings (SSSR count). The molecule has 0 saturated heterocycles. The van der Waals surface area contributed by atoms with Gasteiger partial charge in [-0.2, -0.15) is 8.42 Å². The number of halogens is 2. The Morgan fingerprint density at radius 3 is 1.75 bits per heavy atom. The van der Waals surface area contributed by atoms with E-state index in [0.29, 0.717) is 0 Å². The molecule has 2 aromatic heterocycles. The highest BCUT2D eigenvalue weighted by molar-refractivity contribution is 9.11. The topological polar surface area (TPSA) is 65.7 Å². The average Bonchev–Trinajstić information content (AvgIpc) is 3.52. The van der Waals surface area contributed by atoms with E-state index in [1.54, 1.807) is 11.8 Å². The summed E-state index contributed by atoms with van der Waals surface area (Å²) >= 11 is 8.24. The van der Waals surface area contributed by atoms with Crippen LogP contribution in [0.15, 0.2) is 128 Å². The van der Waals surface area contributed by atoms with Gasteiger partial charge in [-0.3, -0.25) is 0 Å². The Balaban J connectivity index is 0.000000153. The van der Waals surface area contributed by atoms with Crippen LogP contribution in [0.3, 0.4) is 0 Å². The minimum Gasteiger partial charge on any atom is -0.361 e. The van der Waals surface area contributed by atoms with Crippen LogP contribution >= 0.6 is 43.6 Å². The van der Waals surface area contributed by atoms with E-state index >= 15 is 0 Å². The van der Waals surface area contributed by atoms with E-state index in [4.69, 9.17) is 8.42 Å². The molecule has 0 atom stereocenters. The molecule has 0 unspecified atom stereocenters. The molecule has 0 saturated carbocycles. The lowest BCUT2D eigenvalue weighted by Crippen LogP contribution is -1.75. The SMILES string of the molecule is Brc1cccc2[nH]cc(-c3ccccc3)c12.Brc1cccc2[nH]cc(Sc3ccccc3)c12.O=S=O. The largest absolute Gasteiger partial charge is 0.361 e. The van der Waals surface area contributed by atoms with E-state index < -0.39 is 11.6 Å². The third-order valence-corrected chi connectivity index (χ3v) is 7.70. The highest BCUT2D eigenvalue weighted by atomic mass is 79.9. The summed E-state index contributed by atoms with van der Waals surface area (Å²) in [6, 6.07) is 33.2. The van der Waals surface area contributed by atoms with Gasteiger partial charge in [0.25, 0.3) is 0 Å². The molecule has 36 heavy (non-hydrogen) atoms. The minimum absolute atomic E-state index is 0.750. The van der Waals surface area contributed by atoms with Crippen molar-refractivity contribution in [1.29, 1.82) is 0 Å². The molecule has 0 aliphatic carbocycles. The zero-order valence-corrected chi connectivity index (χ0v) is 23.6. The molecule has 4 aromatic carbocycles. The van der Waals surface area contributed by atoms with Gasteiger partial charge in [0.05, 0.1) is 0 Å². The second-order valence-corrected chi connectivity index (χ2v) is 10.5. The normalized spacial score (nSPS) is 10.3. The lowest BCUT2D eigenvalue weighted by atomic mass is 10.1. The first kappa shape index (κ1) is 26.2. The van der Waals surface area contributed by atoms with E-state index in [1.165, 1.54) is 31.7 Å². The molecule has 0 spiro atoms. The average molecular weight is 640 g/mol. The van der Waals surface area contributed by atoms with Crippen molar-refractivity contribution >= 4 is 77.0 Å². The Bertz CT molecular complexity index is 1610. The van der Waals surface area contributed by atoms with Crippen LogP contribution in [-0.2, 0) is 11.6 Å². The zero-order valence-electron chi connectivity index (χ0n) is 18.8. The van der Waals surface area contributed by atoms with Gasteiger partial charge in [-0.05, 0) is 42.0 Å². The van der Waals surface area contributed by atoms with E-state index in [2.05, 4.69) is 127 Å². The first-order chi connectivity index (χ1) is 17.6. The van der Waals surface area contributed by atoms with Crippen LogP contribution in [0.1, 0.15) is 0 Å². The van der Waals surface area contributed by atoms with E-state index in [9.17, 15) is 0 Å². The third kappa shape index (κ3) is 6.25. The predicted octanol–water partition coefficient (Wildman–Crippen LogP) is 9.01. The van der Waals surface area contributed by atoms with Crippen LogP contribution in [-0.4, -0.2) is 18.4 Å². The summed E-state index contributed by atoms with van der Waals surface area (Å²) < 4.78 is 18.8. The first-order valence-corrected chi connectivity index (χ1v) is 13.9. The predicted molar refractivity (Wildman–Crippen MR) is 157 cm³/mol. The molecule has 0 aliphatic heterocycles. The second kappa shape index (κ2) is 12.9. The lowest BCUT2D eigenvalue weighted by Gasteiger charge is -2.01. The van der Waals surface area contributed by atoms with Gasteiger partial charge in [0.1, 0.15) is 0 Å². The highest BCUT2D eigenvalue weighted by Gasteiger charge is 2.09. The maximum atomic E-state index is 8.29. The number of hydrogen-bond acceptors (Lipinski definition) is 3. The molecule has 0 amide bonds. The van der Waals surface area contributed by atoms with Crippen LogP contribution < -0.4 is 0 Å². The molecule has 0 bridgehead atoms. The third-order valence-electron chi connectivity index (χ3n) is 5.33. The van der Waals surface area contributed by atoms with Crippen molar-refractivity contribution in [3.63, 3.8) is 0 Å². The standard InChI is InChI=1S/C14H10BrNS.C14H10BrN.O2S/c15-11-7-4-8-12-14(11)13(9-16-12)17-10-5-2-1-3-6-10;15-12-7-4-8-13-14(12)11(9-16-13)10-5-2-1-3-6-10;1-3-2/h1-9,16H;1-9,16H;. The maximum Gasteiger partial charge on any atom is 0.335 e. The summed E-state index contributed by atoms with van der Waals surface area (Å²) in [5.41, 5.74) is 4.80. The molecule has 6 aromatic rings. The summed E-state index contributed by atoms with van der Waals surface area (Å²) in [5.74, 6) is 0. The summed E-state index contributed by atoms with van der Waals surface area (Å²) in [7, 11) is 0. The van der Waals surface area contributed by atoms with Gasteiger partial charge in [0, 0.05) is 58.5 Å². The number of nitrogens with one attached hydrogen (secondary N) is 2. The Labute approximate surface area is 233 Å². The van der Waals surface area contributed by atoms with Crippen molar-refractivity contribution in [1.82, 2.24) is 9.97 Å². The van der Waals surface area contributed by atoms with Gasteiger partial charge in [0.15, 0.2) is 0 Å². The minimum atomic E-state index is -0.750. The number of hydrogen-bond donors (Lipinski definition) is 2. The van der Waals surface area contributed by atoms with Gasteiger partial charge >= 0.3 is 11.6 Å². The van der Waals surface area contributed by atoms with E-state index in [0.717, 1.165) is 20.0 Å². The van der Waals surface area contributed by atoms with Crippen molar-refractivity contribution < 1.29 is 8.42 Å². The van der Waals surface area contributed by atoms with E-state index in [1.807, 2.05) is 24.3 Å². The van der Waals surface area contributed by atoms with Crippen LogP contribution in [0.5, 0.6) is 0 Å². The first-order valence-electron chi connectivity index (χ1n) is 10.8. The molecule has 0 radical (unpaired) electrons. The van der Waals surface area contributed by atoms with Crippen molar-refractivity contribution in [2.24, 2.45) is 0 Å². The van der Waals surface area contributed by atoms with Crippen molar-refractivity contribution in [2.45, 2.75) is 9.79 Å². The highest BCUT2D eigenvalue weighted by Crippen LogP contribution is 2.37. The van der Waals surface area contributed by atoms with Gasteiger partial charge in [-0.15, -0.1) is 0 Å². The van der Waals surface area contributed by atoms with Crippen LogP contribution in [0.25, 0.3) is 32.9 Å². The number of aromatic nitrogens is 2. The molecule has 8 heteroatoms. The molecular formula is C28H20Br2N2O2S2. The zero-order chi connectivity index (χ0) is 25.3. The van der Waals surface area contributed by atoms with Crippen LogP contribution in [0.4, 0.5) is 0 Å². The summed E-state index contributed by atoms with van der Waals surface area (Å²) in [4.78, 5) is 9.10. The molecule has 180 valence electrons. The fourth-order valence-electron chi connectivity index (χ4n) is 3.79. The number of fused-ring (bicyclic) bond motifs is 2. The Morgan fingerprint density at radius 2 is 1.11 bits per heavy atom. The van der Waals surface area contributed by atoms with Gasteiger partial charge in [-0.25, -0.2) is 0 Å². The van der Waals surface area contributed by atoms with Gasteiger partial charge in [-0.1, -0.05) is 104 Å². The summed E-state index contributed by atoms with van der Waals surface area (Å²) in [5, 5.41) is 2.50. The smallest absolute Gasteiger partial charge is 0.335 e. The molecule has 0 fully saturated rings. The van der Waals surface area contributed by atoms with Crippen LogP contribution in [0, 0.1) is 0 Å². The molecule has 2 heterocycles. The van der Waals surface area contributed by atoms with E-state index in [-0.39, 0.29) is 0 Å². The molecule has 4 nitrogen and oxygen atoms in total. The molecule has 2 N–H and O–H groups in total. The fraction of sp³-hybridized carbons (Fsp3) is 0. The monoisotopic (exact) mass is 638 g/mol. The number of benzene rings is 4. The fourth-order valence-corrected chi connectivity index (χ4v) is 6.07.